The summed E-state index contributed by atoms with van der Waals surface area (Å²) < 4.78 is 18.4. The zero-order valence-corrected chi connectivity index (χ0v) is 11.3. The summed E-state index contributed by atoms with van der Waals surface area (Å²) >= 11 is 5.78. The van der Waals surface area contributed by atoms with Gasteiger partial charge >= 0.3 is 0 Å². The Morgan fingerprint density at radius 3 is 2.83 bits per heavy atom. The van der Waals surface area contributed by atoms with Gasteiger partial charge in [-0.2, -0.15) is 0 Å². The lowest BCUT2D eigenvalue weighted by molar-refractivity contribution is 0.0949. The maximum atomic E-state index is 13.6. The molecule has 1 atom stereocenters. The molecule has 0 aliphatic rings. The highest BCUT2D eigenvalue weighted by Crippen LogP contribution is 2.16. The molecule has 0 radical (unpaired) electrons. The second-order valence-electron chi connectivity index (χ2n) is 4.02. The highest BCUT2D eigenvalue weighted by Gasteiger charge is 2.11. The van der Waals surface area contributed by atoms with Crippen molar-refractivity contribution in [2.75, 3.05) is 13.7 Å². The first kappa shape index (κ1) is 14.8. The SMILES string of the molecule is COc1ccc(C(=O)NCCCC(C)Cl)c(F)c1. The van der Waals surface area contributed by atoms with E-state index >= 15 is 0 Å². The molecule has 0 aliphatic heterocycles. The Morgan fingerprint density at radius 2 is 2.28 bits per heavy atom. The van der Waals surface area contributed by atoms with E-state index < -0.39 is 11.7 Å². The summed E-state index contributed by atoms with van der Waals surface area (Å²) in [7, 11) is 1.45. The fourth-order valence-corrected chi connectivity index (χ4v) is 1.64. The van der Waals surface area contributed by atoms with Crippen molar-refractivity contribution in [2.24, 2.45) is 0 Å². The Balaban J connectivity index is 2.51. The molecular weight excluding hydrogens is 257 g/mol. The van der Waals surface area contributed by atoms with Gasteiger partial charge in [-0.25, -0.2) is 4.39 Å². The van der Waals surface area contributed by atoms with Gasteiger partial charge in [-0.15, -0.1) is 11.6 Å². The summed E-state index contributed by atoms with van der Waals surface area (Å²) in [6, 6.07) is 4.16. The van der Waals surface area contributed by atoms with E-state index in [1.807, 2.05) is 6.92 Å². The molecule has 0 fully saturated rings. The minimum atomic E-state index is -0.586. The van der Waals surface area contributed by atoms with Crippen LogP contribution in [0.1, 0.15) is 30.1 Å². The number of rotatable bonds is 6. The molecular formula is C13H17ClFNO2. The maximum absolute atomic E-state index is 13.6. The molecule has 1 aromatic carbocycles. The molecule has 0 aliphatic carbocycles. The number of amides is 1. The molecule has 0 bridgehead atoms. The zero-order chi connectivity index (χ0) is 13.5. The van der Waals surface area contributed by atoms with Crippen LogP contribution in [0.15, 0.2) is 18.2 Å². The van der Waals surface area contributed by atoms with Crippen LogP contribution in [-0.2, 0) is 0 Å². The molecule has 0 heterocycles. The minimum absolute atomic E-state index is 0.0229. The molecule has 18 heavy (non-hydrogen) atoms. The van der Waals surface area contributed by atoms with Crippen molar-refractivity contribution in [1.82, 2.24) is 5.32 Å². The van der Waals surface area contributed by atoms with Crippen LogP contribution in [0.3, 0.4) is 0 Å². The Hall–Kier alpha value is -1.29. The number of carbonyl (C=O) groups excluding carboxylic acids is 1. The number of hydrogen-bond donors (Lipinski definition) is 1. The quantitative estimate of drug-likeness (QED) is 0.639. The second kappa shape index (κ2) is 7.21. The molecule has 1 rings (SSSR count). The van der Waals surface area contributed by atoms with Crippen molar-refractivity contribution >= 4 is 17.5 Å². The number of halogens is 2. The first-order chi connectivity index (χ1) is 8.54. The first-order valence-corrected chi connectivity index (χ1v) is 6.24. The third-order valence-corrected chi connectivity index (χ3v) is 2.70. The van der Waals surface area contributed by atoms with Gasteiger partial charge in [0.1, 0.15) is 11.6 Å². The monoisotopic (exact) mass is 273 g/mol. The van der Waals surface area contributed by atoms with E-state index in [1.54, 1.807) is 6.07 Å². The van der Waals surface area contributed by atoms with Crippen LogP contribution >= 0.6 is 11.6 Å². The van der Waals surface area contributed by atoms with Crippen LogP contribution in [0.5, 0.6) is 5.75 Å². The molecule has 0 saturated heterocycles. The second-order valence-corrected chi connectivity index (χ2v) is 4.77. The van der Waals surface area contributed by atoms with Crippen molar-refractivity contribution in [3.63, 3.8) is 0 Å². The number of benzene rings is 1. The Morgan fingerprint density at radius 1 is 1.56 bits per heavy atom. The third-order valence-electron chi connectivity index (χ3n) is 2.49. The average molecular weight is 274 g/mol. The first-order valence-electron chi connectivity index (χ1n) is 5.80. The summed E-state index contributed by atoms with van der Waals surface area (Å²) in [5.41, 5.74) is 0.0229. The highest BCUT2D eigenvalue weighted by molar-refractivity contribution is 6.20. The van der Waals surface area contributed by atoms with Crippen LogP contribution in [0.4, 0.5) is 4.39 Å². The van der Waals surface area contributed by atoms with Crippen molar-refractivity contribution in [2.45, 2.75) is 25.1 Å². The van der Waals surface area contributed by atoms with Crippen LogP contribution in [0.2, 0.25) is 0 Å². The Bertz CT molecular complexity index is 410. The number of nitrogens with one attached hydrogen (secondary N) is 1. The standard InChI is InChI=1S/C13H17ClFNO2/c1-9(14)4-3-7-16-13(17)11-6-5-10(18-2)8-12(11)15/h5-6,8-9H,3-4,7H2,1-2H3,(H,16,17). The molecule has 1 N–H and O–H groups in total. The van der Waals surface area contributed by atoms with Crippen LogP contribution < -0.4 is 10.1 Å². The van der Waals surface area contributed by atoms with Crippen LogP contribution in [-0.4, -0.2) is 24.9 Å². The number of alkyl halides is 1. The third kappa shape index (κ3) is 4.53. The van der Waals surface area contributed by atoms with Gasteiger partial charge in [-0.05, 0) is 31.9 Å². The molecule has 1 amide bonds. The summed E-state index contributed by atoms with van der Waals surface area (Å²) in [5, 5.41) is 2.74. The Kier molecular flexibility index (Phi) is 5.92. The van der Waals surface area contributed by atoms with Gasteiger partial charge in [-0.1, -0.05) is 0 Å². The molecule has 0 spiro atoms. The number of carbonyl (C=O) groups is 1. The molecule has 1 unspecified atom stereocenters. The van der Waals surface area contributed by atoms with E-state index in [2.05, 4.69) is 5.32 Å². The fourth-order valence-electron chi connectivity index (χ4n) is 1.49. The predicted molar refractivity (Wildman–Crippen MR) is 69.8 cm³/mol. The smallest absolute Gasteiger partial charge is 0.254 e. The number of ether oxygens (including phenoxy) is 1. The van der Waals surface area contributed by atoms with Crippen LogP contribution in [0.25, 0.3) is 0 Å². The number of methoxy groups -OCH3 is 1. The molecule has 1 aromatic rings. The zero-order valence-electron chi connectivity index (χ0n) is 10.5. The van der Waals surface area contributed by atoms with Crippen molar-refractivity contribution in [3.05, 3.63) is 29.6 Å². The largest absolute Gasteiger partial charge is 0.497 e. The lowest BCUT2D eigenvalue weighted by Crippen LogP contribution is -2.25. The van der Waals surface area contributed by atoms with Gasteiger partial charge in [0.25, 0.3) is 5.91 Å². The summed E-state index contributed by atoms with van der Waals surface area (Å²) in [6.07, 6.45) is 1.58. The van der Waals surface area contributed by atoms with Gasteiger partial charge in [0.15, 0.2) is 0 Å². The lowest BCUT2D eigenvalue weighted by Gasteiger charge is -2.08. The maximum Gasteiger partial charge on any atom is 0.254 e. The highest BCUT2D eigenvalue weighted by atomic mass is 35.5. The normalized spacial score (nSPS) is 12.0. The van der Waals surface area contributed by atoms with Crippen molar-refractivity contribution in [1.29, 1.82) is 0 Å². The average Bonchev–Trinajstić information content (AvgIpc) is 2.33. The van der Waals surface area contributed by atoms with Gasteiger partial charge in [0, 0.05) is 18.0 Å². The molecule has 0 saturated carbocycles. The summed E-state index contributed by atoms with van der Waals surface area (Å²) in [4.78, 5) is 11.7. The molecule has 0 aromatic heterocycles. The predicted octanol–water partition coefficient (Wildman–Crippen LogP) is 2.97. The fraction of sp³-hybridized carbons (Fsp3) is 0.462. The van der Waals surface area contributed by atoms with Gasteiger partial charge in [0.2, 0.25) is 0 Å². The van der Waals surface area contributed by atoms with Gasteiger partial charge in [-0.3, -0.25) is 4.79 Å². The Labute approximate surface area is 111 Å². The van der Waals surface area contributed by atoms with Crippen molar-refractivity contribution < 1.29 is 13.9 Å². The molecule has 100 valence electrons. The van der Waals surface area contributed by atoms with E-state index in [0.29, 0.717) is 12.3 Å². The van der Waals surface area contributed by atoms with E-state index in [1.165, 1.54) is 19.2 Å². The van der Waals surface area contributed by atoms with E-state index in [9.17, 15) is 9.18 Å². The van der Waals surface area contributed by atoms with E-state index in [-0.39, 0.29) is 10.9 Å². The van der Waals surface area contributed by atoms with Crippen LogP contribution in [0, 0.1) is 5.82 Å². The van der Waals surface area contributed by atoms with E-state index in [4.69, 9.17) is 16.3 Å². The van der Waals surface area contributed by atoms with Gasteiger partial charge < -0.3 is 10.1 Å². The molecule has 5 heteroatoms. The van der Waals surface area contributed by atoms with Gasteiger partial charge in [0.05, 0.1) is 12.7 Å². The van der Waals surface area contributed by atoms with E-state index in [0.717, 1.165) is 12.8 Å². The summed E-state index contributed by atoms with van der Waals surface area (Å²) in [5.74, 6) is -0.616. The minimum Gasteiger partial charge on any atom is -0.497 e. The topological polar surface area (TPSA) is 38.3 Å². The lowest BCUT2D eigenvalue weighted by atomic mass is 10.2. The number of hydrogen-bond acceptors (Lipinski definition) is 2. The molecule has 3 nitrogen and oxygen atoms in total. The summed E-state index contributed by atoms with van der Waals surface area (Å²) in [6.45, 7) is 2.38. The van der Waals surface area contributed by atoms with Crippen molar-refractivity contribution in [3.8, 4) is 5.75 Å².